The minimum Gasteiger partial charge on any atom is -0.369 e. The number of nitrogens with zero attached hydrogens (tertiary/aromatic N) is 2. The van der Waals surface area contributed by atoms with Crippen LogP contribution in [0, 0.1) is 0 Å². The second-order valence-corrected chi connectivity index (χ2v) is 8.73. The van der Waals surface area contributed by atoms with Gasteiger partial charge >= 0.3 is 0 Å². The van der Waals surface area contributed by atoms with Gasteiger partial charge in [0.05, 0.1) is 5.75 Å². The van der Waals surface area contributed by atoms with E-state index in [-0.39, 0.29) is 29.7 Å². The van der Waals surface area contributed by atoms with Crippen LogP contribution in [-0.2, 0) is 9.84 Å². The highest BCUT2D eigenvalue weighted by atomic mass is 127. The van der Waals surface area contributed by atoms with E-state index in [0.717, 1.165) is 30.2 Å². The van der Waals surface area contributed by atoms with Crippen LogP contribution in [0.1, 0.15) is 12.8 Å². The highest BCUT2D eigenvalue weighted by molar-refractivity contribution is 14.0. The molecule has 1 fully saturated rings. The van der Waals surface area contributed by atoms with E-state index in [4.69, 9.17) is 11.6 Å². The van der Waals surface area contributed by atoms with Crippen molar-refractivity contribution in [2.24, 2.45) is 4.99 Å². The molecule has 1 heterocycles. The molecule has 0 bridgehead atoms. The fourth-order valence-corrected chi connectivity index (χ4v) is 3.57. The number of halogens is 2. The van der Waals surface area contributed by atoms with E-state index in [1.54, 1.807) is 7.05 Å². The Morgan fingerprint density at radius 2 is 2.20 bits per heavy atom. The summed E-state index contributed by atoms with van der Waals surface area (Å²) in [6, 6.07) is 8.17. The smallest absolute Gasteiger partial charge is 0.191 e. The maximum Gasteiger partial charge on any atom is 0.191 e. The molecule has 6 nitrogen and oxygen atoms in total. The normalized spacial score (nSPS) is 18.0. The summed E-state index contributed by atoms with van der Waals surface area (Å²) in [5, 5.41) is 7.30. The highest BCUT2D eigenvalue weighted by Gasteiger charge is 2.23. The van der Waals surface area contributed by atoms with Crippen molar-refractivity contribution in [3.63, 3.8) is 0 Å². The fourth-order valence-electron chi connectivity index (χ4n) is 2.71. The molecule has 0 aliphatic carbocycles. The lowest BCUT2D eigenvalue weighted by atomic mass is 10.2. The summed E-state index contributed by atoms with van der Waals surface area (Å²) in [6.07, 6.45) is 2.83. The largest absolute Gasteiger partial charge is 0.369 e. The maximum atomic E-state index is 11.1. The number of guanidine groups is 1. The summed E-state index contributed by atoms with van der Waals surface area (Å²) >= 11 is 6.06. The molecule has 0 amide bonds. The van der Waals surface area contributed by atoms with Crippen LogP contribution in [0.15, 0.2) is 29.3 Å². The van der Waals surface area contributed by atoms with Crippen molar-refractivity contribution >= 4 is 57.1 Å². The Morgan fingerprint density at radius 1 is 1.44 bits per heavy atom. The van der Waals surface area contributed by atoms with Gasteiger partial charge in [0.25, 0.3) is 0 Å². The number of hydrogen-bond donors (Lipinski definition) is 2. The van der Waals surface area contributed by atoms with Crippen molar-refractivity contribution in [2.45, 2.75) is 18.9 Å². The number of anilines is 1. The standard InChI is InChI=1S/C16H25ClN4O2S.HI/c1-18-16(19-8-4-10-24(2,22)23)20-14-7-9-21(12-14)15-6-3-5-13(17)11-15;/h3,5-6,11,14H,4,7-10,12H2,1-2H3,(H2,18,19,20);1H. The van der Waals surface area contributed by atoms with Gasteiger partial charge in [0.1, 0.15) is 9.84 Å². The van der Waals surface area contributed by atoms with Gasteiger partial charge in [0, 0.05) is 49.7 Å². The van der Waals surface area contributed by atoms with E-state index in [0.29, 0.717) is 25.0 Å². The Kier molecular flexibility index (Phi) is 9.29. The van der Waals surface area contributed by atoms with Crippen LogP contribution in [0.3, 0.4) is 0 Å². The third-order valence-corrected chi connectivity index (χ3v) is 5.18. The van der Waals surface area contributed by atoms with Gasteiger partial charge in [-0.15, -0.1) is 24.0 Å². The monoisotopic (exact) mass is 500 g/mol. The van der Waals surface area contributed by atoms with Gasteiger partial charge in [-0.25, -0.2) is 8.42 Å². The maximum absolute atomic E-state index is 11.1. The minimum absolute atomic E-state index is 0. The molecule has 9 heteroatoms. The minimum atomic E-state index is -2.91. The number of hydrogen-bond acceptors (Lipinski definition) is 4. The number of rotatable bonds is 6. The van der Waals surface area contributed by atoms with Crippen LogP contribution < -0.4 is 15.5 Å². The fraction of sp³-hybridized carbons (Fsp3) is 0.562. The van der Waals surface area contributed by atoms with Crippen LogP contribution in [0.5, 0.6) is 0 Å². The molecule has 0 spiro atoms. The van der Waals surface area contributed by atoms with Gasteiger partial charge in [-0.3, -0.25) is 4.99 Å². The average molecular weight is 501 g/mol. The predicted molar refractivity (Wildman–Crippen MR) is 116 cm³/mol. The Hall–Kier alpha value is -0.740. The summed E-state index contributed by atoms with van der Waals surface area (Å²) in [6.45, 7) is 2.42. The Labute approximate surface area is 172 Å². The van der Waals surface area contributed by atoms with Crippen molar-refractivity contribution in [1.29, 1.82) is 0 Å². The van der Waals surface area contributed by atoms with Gasteiger partial charge in [-0.05, 0) is 31.0 Å². The zero-order valence-electron chi connectivity index (χ0n) is 14.5. The first-order chi connectivity index (χ1) is 11.4. The van der Waals surface area contributed by atoms with Crippen molar-refractivity contribution in [3.05, 3.63) is 29.3 Å². The molecule has 142 valence electrons. The SMILES string of the molecule is CN=C(NCCCS(C)(=O)=O)NC1CCN(c2cccc(Cl)c2)C1.I. The van der Waals surface area contributed by atoms with Gasteiger partial charge in [-0.2, -0.15) is 0 Å². The highest BCUT2D eigenvalue weighted by Crippen LogP contribution is 2.23. The molecule has 1 saturated heterocycles. The van der Waals surface area contributed by atoms with E-state index in [9.17, 15) is 8.42 Å². The van der Waals surface area contributed by atoms with E-state index >= 15 is 0 Å². The van der Waals surface area contributed by atoms with E-state index in [1.165, 1.54) is 6.26 Å². The van der Waals surface area contributed by atoms with Crippen molar-refractivity contribution in [3.8, 4) is 0 Å². The number of aliphatic imine (C=N–C) groups is 1. The number of sulfone groups is 1. The lowest BCUT2D eigenvalue weighted by Gasteiger charge is -2.20. The van der Waals surface area contributed by atoms with Crippen LogP contribution in [0.2, 0.25) is 5.02 Å². The van der Waals surface area contributed by atoms with E-state index in [1.807, 2.05) is 18.2 Å². The Bertz CT molecular complexity index is 684. The Balaban J connectivity index is 0.00000312. The molecule has 25 heavy (non-hydrogen) atoms. The molecule has 0 aromatic heterocycles. The topological polar surface area (TPSA) is 73.8 Å². The lowest BCUT2D eigenvalue weighted by molar-refractivity contribution is 0.597. The molecule has 0 saturated carbocycles. The van der Waals surface area contributed by atoms with Gasteiger partial charge in [0.15, 0.2) is 5.96 Å². The number of benzene rings is 1. The zero-order valence-corrected chi connectivity index (χ0v) is 18.4. The summed E-state index contributed by atoms with van der Waals surface area (Å²) in [5.41, 5.74) is 1.13. The molecular weight excluding hydrogens is 475 g/mol. The molecule has 1 aliphatic rings. The summed E-state index contributed by atoms with van der Waals surface area (Å²) < 4.78 is 22.3. The Morgan fingerprint density at radius 3 is 2.84 bits per heavy atom. The van der Waals surface area contributed by atoms with Crippen LogP contribution in [0.4, 0.5) is 5.69 Å². The molecule has 0 radical (unpaired) electrons. The summed E-state index contributed by atoms with van der Waals surface area (Å²) in [5.74, 6) is 0.893. The van der Waals surface area contributed by atoms with Crippen molar-refractivity contribution < 1.29 is 8.42 Å². The zero-order chi connectivity index (χ0) is 17.6. The van der Waals surface area contributed by atoms with E-state index < -0.39 is 9.84 Å². The van der Waals surface area contributed by atoms with Gasteiger partial charge < -0.3 is 15.5 Å². The molecule has 1 aliphatic heterocycles. The molecular formula is C16H26ClIN4O2S. The van der Waals surface area contributed by atoms with Crippen molar-refractivity contribution in [1.82, 2.24) is 10.6 Å². The van der Waals surface area contributed by atoms with Crippen LogP contribution in [-0.4, -0.2) is 59.1 Å². The molecule has 1 aromatic carbocycles. The third-order valence-electron chi connectivity index (χ3n) is 3.91. The van der Waals surface area contributed by atoms with E-state index in [2.05, 4.69) is 26.6 Å². The quantitative estimate of drug-likeness (QED) is 0.271. The summed E-state index contributed by atoms with van der Waals surface area (Å²) in [4.78, 5) is 6.49. The molecule has 1 aromatic rings. The average Bonchev–Trinajstić information content (AvgIpc) is 2.98. The van der Waals surface area contributed by atoms with Crippen LogP contribution >= 0.6 is 35.6 Å². The van der Waals surface area contributed by atoms with Crippen molar-refractivity contribution in [2.75, 3.05) is 43.6 Å². The number of nitrogens with one attached hydrogen (secondary N) is 2. The molecule has 2 N–H and O–H groups in total. The lowest BCUT2D eigenvalue weighted by Crippen LogP contribution is -2.45. The first-order valence-corrected chi connectivity index (χ1v) is 10.5. The van der Waals surface area contributed by atoms with Crippen LogP contribution in [0.25, 0.3) is 0 Å². The second kappa shape index (κ2) is 10.4. The first-order valence-electron chi connectivity index (χ1n) is 8.03. The second-order valence-electron chi connectivity index (χ2n) is 6.04. The molecule has 1 unspecified atom stereocenters. The molecule has 1 atom stereocenters. The third kappa shape index (κ3) is 8.00. The summed E-state index contributed by atoms with van der Waals surface area (Å²) in [7, 11) is -1.19. The predicted octanol–water partition coefficient (Wildman–Crippen LogP) is 2.14. The van der Waals surface area contributed by atoms with Gasteiger partial charge in [0.2, 0.25) is 0 Å². The van der Waals surface area contributed by atoms with Gasteiger partial charge in [-0.1, -0.05) is 17.7 Å². The first kappa shape index (κ1) is 22.3. The molecule has 2 rings (SSSR count).